The molecule has 3 heteroatoms. The van der Waals surface area contributed by atoms with Crippen LogP contribution in [0.4, 0.5) is 0 Å². The molecule has 102 valence electrons. The normalized spacial score (nSPS) is 34.9. The van der Waals surface area contributed by atoms with Crippen LogP contribution in [0.5, 0.6) is 0 Å². The first-order chi connectivity index (χ1) is 7.83. The van der Waals surface area contributed by atoms with E-state index >= 15 is 0 Å². The molecule has 3 nitrogen and oxygen atoms in total. The van der Waals surface area contributed by atoms with Crippen molar-refractivity contribution in [3.05, 3.63) is 0 Å². The van der Waals surface area contributed by atoms with Crippen LogP contribution < -0.4 is 0 Å². The van der Waals surface area contributed by atoms with Gasteiger partial charge in [-0.15, -0.1) is 0 Å². The third-order valence-electron chi connectivity index (χ3n) is 4.30. The fourth-order valence-electron chi connectivity index (χ4n) is 2.95. The summed E-state index contributed by atoms with van der Waals surface area (Å²) in [6, 6.07) is 0. The van der Waals surface area contributed by atoms with Gasteiger partial charge >= 0.3 is 0 Å². The first-order valence-electron chi connectivity index (χ1n) is 6.69. The molecule has 1 rings (SSSR count). The number of hydrogen-bond donors (Lipinski definition) is 2. The van der Waals surface area contributed by atoms with E-state index in [1.165, 1.54) is 0 Å². The van der Waals surface area contributed by atoms with Gasteiger partial charge in [0.1, 0.15) is 0 Å². The Morgan fingerprint density at radius 1 is 1.35 bits per heavy atom. The highest BCUT2D eigenvalue weighted by Crippen LogP contribution is 2.43. The molecule has 0 unspecified atom stereocenters. The van der Waals surface area contributed by atoms with Crippen LogP contribution in [0.3, 0.4) is 0 Å². The van der Waals surface area contributed by atoms with Gasteiger partial charge in [0.15, 0.2) is 0 Å². The van der Waals surface area contributed by atoms with Crippen LogP contribution in [0, 0.1) is 11.3 Å². The van der Waals surface area contributed by atoms with Crippen molar-refractivity contribution in [1.29, 1.82) is 0 Å². The summed E-state index contributed by atoms with van der Waals surface area (Å²) in [6.45, 7) is 6.90. The second-order valence-corrected chi connectivity index (χ2v) is 6.49. The van der Waals surface area contributed by atoms with Gasteiger partial charge in [-0.2, -0.15) is 0 Å². The first-order valence-corrected chi connectivity index (χ1v) is 6.69. The summed E-state index contributed by atoms with van der Waals surface area (Å²) in [6.07, 6.45) is 3.95. The minimum Gasteiger partial charge on any atom is -0.396 e. The van der Waals surface area contributed by atoms with Crippen LogP contribution >= 0.6 is 0 Å². The van der Waals surface area contributed by atoms with E-state index in [9.17, 15) is 5.11 Å². The van der Waals surface area contributed by atoms with Gasteiger partial charge in [-0.25, -0.2) is 0 Å². The fraction of sp³-hybridized carbons (Fsp3) is 1.00. The average molecular weight is 244 g/mol. The molecule has 1 saturated carbocycles. The highest BCUT2D eigenvalue weighted by atomic mass is 16.5. The largest absolute Gasteiger partial charge is 0.396 e. The van der Waals surface area contributed by atoms with Gasteiger partial charge in [0.2, 0.25) is 0 Å². The molecule has 0 heterocycles. The summed E-state index contributed by atoms with van der Waals surface area (Å²) in [5.41, 5.74) is -0.464. The molecule has 0 aromatic rings. The van der Waals surface area contributed by atoms with E-state index in [-0.39, 0.29) is 18.1 Å². The molecule has 0 saturated heterocycles. The maximum absolute atomic E-state index is 10.6. The zero-order valence-electron chi connectivity index (χ0n) is 11.7. The van der Waals surface area contributed by atoms with E-state index in [2.05, 4.69) is 20.8 Å². The SMILES string of the molecule is CO[C@@H]1C[C@H](C(C)(C)C)CC[C@]1(O)CCCO. The van der Waals surface area contributed by atoms with Crippen molar-refractivity contribution < 1.29 is 14.9 Å². The Morgan fingerprint density at radius 3 is 2.47 bits per heavy atom. The van der Waals surface area contributed by atoms with Gasteiger partial charge < -0.3 is 14.9 Å². The molecule has 3 atom stereocenters. The molecule has 1 aliphatic carbocycles. The lowest BCUT2D eigenvalue weighted by molar-refractivity contribution is -0.142. The van der Waals surface area contributed by atoms with Crippen molar-refractivity contribution in [2.45, 2.75) is 64.6 Å². The molecule has 1 aliphatic rings. The van der Waals surface area contributed by atoms with Crippen molar-refractivity contribution in [3.8, 4) is 0 Å². The van der Waals surface area contributed by atoms with Crippen molar-refractivity contribution in [1.82, 2.24) is 0 Å². The Hall–Kier alpha value is -0.120. The molecule has 0 spiro atoms. The van der Waals surface area contributed by atoms with E-state index in [1.54, 1.807) is 7.11 Å². The lowest BCUT2D eigenvalue weighted by Crippen LogP contribution is -2.50. The van der Waals surface area contributed by atoms with E-state index in [0.29, 0.717) is 18.8 Å². The minimum absolute atomic E-state index is 0.0907. The van der Waals surface area contributed by atoms with Gasteiger partial charge in [0.25, 0.3) is 0 Å². The predicted molar refractivity (Wildman–Crippen MR) is 68.9 cm³/mol. The fourth-order valence-corrected chi connectivity index (χ4v) is 2.95. The summed E-state index contributed by atoms with van der Waals surface area (Å²) in [5, 5.41) is 19.5. The Morgan fingerprint density at radius 2 is 2.00 bits per heavy atom. The van der Waals surface area contributed by atoms with Gasteiger partial charge in [-0.05, 0) is 43.4 Å². The van der Waals surface area contributed by atoms with E-state index in [1.807, 2.05) is 0 Å². The Kier molecular flexibility index (Phi) is 4.99. The topological polar surface area (TPSA) is 49.7 Å². The summed E-state index contributed by atoms with van der Waals surface area (Å²) in [5.74, 6) is 0.599. The third kappa shape index (κ3) is 3.67. The van der Waals surface area contributed by atoms with Gasteiger partial charge in [0, 0.05) is 13.7 Å². The summed E-state index contributed by atoms with van der Waals surface area (Å²) in [7, 11) is 1.68. The molecule has 0 radical (unpaired) electrons. The molecule has 0 bridgehead atoms. The number of hydrogen-bond acceptors (Lipinski definition) is 3. The lowest BCUT2D eigenvalue weighted by atomic mass is 9.66. The van der Waals surface area contributed by atoms with E-state index < -0.39 is 5.60 Å². The monoisotopic (exact) mass is 244 g/mol. The number of aliphatic hydroxyl groups is 2. The number of aliphatic hydroxyl groups excluding tert-OH is 1. The predicted octanol–water partition coefficient (Wildman–Crippen LogP) is 2.35. The van der Waals surface area contributed by atoms with Crippen LogP contribution in [-0.2, 0) is 4.74 Å². The van der Waals surface area contributed by atoms with Crippen molar-refractivity contribution in [2.24, 2.45) is 11.3 Å². The van der Waals surface area contributed by atoms with Crippen molar-refractivity contribution in [3.63, 3.8) is 0 Å². The molecule has 0 aliphatic heterocycles. The second kappa shape index (κ2) is 5.68. The summed E-state index contributed by atoms with van der Waals surface area (Å²) < 4.78 is 5.50. The first kappa shape index (κ1) is 14.9. The Balaban J connectivity index is 2.67. The maximum Gasteiger partial charge on any atom is 0.0909 e. The highest BCUT2D eigenvalue weighted by Gasteiger charge is 2.44. The second-order valence-electron chi connectivity index (χ2n) is 6.49. The molecule has 0 amide bonds. The highest BCUT2D eigenvalue weighted by molar-refractivity contribution is 4.96. The summed E-state index contributed by atoms with van der Waals surface area (Å²) in [4.78, 5) is 0. The van der Waals surface area contributed by atoms with Gasteiger partial charge in [-0.1, -0.05) is 20.8 Å². The van der Waals surface area contributed by atoms with Gasteiger partial charge in [-0.3, -0.25) is 0 Å². The number of ether oxygens (including phenoxy) is 1. The van der Waals surface area contributed by atoms with Crippen molar-refractivity contribution >= 4 is 0 Å². The maximum atomic E-state index is 10.6. The third-order valence-corrected chi connectivity index (χ3v) is 4.30. The van der Waals surface area contributed by atoms with Crippen LogP contribution in [0.15, 0.2) is 0 Å². The molecule has 2 N–H and O–H groups in total. The Bertz CT molecular complexity index is 234. The van der Waals surface area contributed by atoms with Crippen LogP contribution in [0.25, 0.3) is 0 Å². The van der Waals surface area contributed by atoms with Crippen LogP contribution in [0.2, 0.25) is 0 Å². The quantitative estimate of drug-likeness (QED) is 0.798. The minimum atomic E-state index is -0.737. The van der Waals surface area contributed by atoms with Crippen molar-refractivity contribution in [2.75, 3.05) is 13.7 Å². The zero-order valence-corrected chi connectivity index (χ0v) is 11.7. The van der Waals surface area contributed by atoms with Gasteiger partial charge in [0.05, 0.1) is 11.7 Å². The molecular weight excluding hydrogens is 216 g/mol. The number of rotatable bonds is 4. The zero-order chi connectivity index (χ0) is 13.1. The Labute approximate surface area is 105 Å². The molecule has 1 fully saturated rings. The molecule has 0 aromatic carbocycles. The lowest BCUT2D eigenvalue weighted by Gasteiger charge is -2.46. The molecule has 0 aromatic heterocycles. The van der Waals surface area contributed by atoms with E-state index in [0.717, 1.165) is 19.3 Å². The summed E-state index contributed by atoms with van der Waals surface area (Å²) >= 11 is 0. The molecule has 17 heavy (non-hydrogen) atoms. The number of methoxy groups -OCH3 is 1. The molecular formula is C14H28O3. The average Bonchev–Trinajstić information content (AvgIpc) is 2.25. The van der Waals surface area contributed by atoms with Crippen LogP contribution in [-0.4, -0.2) is 35.6 Å². The van der Waals surface area contributed by atoms with E-state index in [4.69, 9.17) is 9.84 Å². The standard InChI is InChI=1S/C14H28O3/c1-13(2,3)11-6-8-14(16,7-5-9-15)12(10-11)17-4/h11-12,15-16H,5-10H2,1-4H3/t11-,12-,14-/m1/s1. The van der Waals surface area contributed by atoms with Crippen LogP contribution in [0.1, 0.15) is 52.9 Å². The smallest absolute Gasteiger partial charge is 0.0909 e.